The first-order valence-corrected chi connectivity index (χ1v) is 5.51. The molecule has 1 amide bonds. The van der Waals surface area contributed by atoms with Gasteiger partial charge in [0.15, 0.2) is 11.7 Å². The highest BCUT2D eigenvalue weighted by molar-refractivity contribution is 6.10. The van der Waals surface area contributed by atoms with Gasteiger partial charge in [-0.2, -0.15) is 5.26 Å². The monoisotopic (exact) mass is 228 g/mol. The summed E-state index contributed by atoms with van der Waals surface area (Å²) in [5.41, 5.74) is 0.598. The Hall–Kier alpha value is -2.15. The topological polar surface area (TPSA) is 70.0 Å². The Bertz CT molecular complexity index is 472. The summed E-state index contributed by atoms with van der Waals surface area (Å²) in [6.45, 7) is 0. The predicted molar refractivity (Wildman–Crippen MR) is 61.9 cm³/mol. The van der Waals surface area contributed by atoms with Crippen molar-refractivity contribution in [1.82, 2.24) is 0 Å². The minimum Gasteiger partial charge on any atom is -0.325 e. The van der Waals surface area contributed by atoms with Gasteiger partial charge in [0.05, 0.1) is 6.07 Å². The first-order chi connectivity index (χ1) is 8.22. The van der Waals surface area contributed by atoms with E-state index >= 15 is 0 Å². The van der Waals surface area contributed by atoms with E-state index in [1.165, 1.54) is 0 Å². The number of nitrogens with zero attached hydrogens (tertiary/aromatic N) is 1. The summed E-state index contributed by atoms with van der Waals surface area (Å²) in [5, 5.41) is 11.5. The van der Waals surface area contributed by atoms with Crippen molar-refractivity contribution in [2.24, 2.45) is 11.8 Å². The molecule has 0 aromatic heterocycles. The number of para-hydroxylation sites is 1. The fourth-order valence-corrected chi connectivity index (χ4v) is 1.59. The lowest BCUT2D eigenvalue weighted by Crippen LogP contribution is -2.29. The van der Waals surface area contributed by atoms with Crippen LogP contribution in [0, 0.1) is 23.2 Å². The molecule has 1 unspecified atom stereocenters. The maximum absolute atomic E-state index is 11.8. The second kappa shape index (κ2) is 4.79. The number of hydrogen-bond acceptors (Lipinski definition) is 3. The van der Waals surface area contributed by atoms with E-state index in [-0.39, 0.29) is 11.7 Å². The van der Waals surface area contributed by atoms with Gasteiger partial charge in [0.1, 0.15) is 0 Å². The van der Waals surface area contributed by atoms with E-state index in [1.807, 2.05) is 6.07 Å². The van der Waals surface area contributed by atoms with Crippen molar-refractivity contribution < 1.29 is 9.59 Å². The summed E-state index contributed by atoms with van der Waals surface area (Å²) in [6.07, 6.45) is 1.60. The van der Waals surface area contributed by atoms with Gasteiger partial charge in [-0.25, -0.2) is 0 Å². The van der Waals surface area contributed by atoms with Gasteiger partial charge >= 0.3 is 0 Å². The molecule has 0 aliphatic heterocycles. The summed E-state index contributed by atoms with van der Waals surface area (Å²) in [7, 11) is 0. The van der Waals surface area contributed by atoms with Gasteiger partial charge in [-0.1, -0.05) is 18.2 Å². The zero-order valence-electron chi connectivity index (χ0n) is 9.22. The molecule has 0 saturated heterocycles. The average Bonchev–Trinajstić information content (AvgIpc) is 3.15. The van der Waals surface area contributed by atoms with Crippen LogP contribution in [0.25, 0.3) is 0 Å². The van der Waals surface area contributed by atoms with Crippen LogP contribution in [0.15, 0.2) is 30.3 Å². The van der Waals surface area contributed by atoms with Gasteiger partial charge in [0, 0.05) is 11.6 Å². The maximum Gasteiger partial charge on any atom is 0.249 e. The highest BCUT2D eigenvalue weighted by atomic mass is 16.2. The first-order valence-electron chi connectivity index (χ1n) is 5.51. The molecule has 4 heteroatoms. The normalized spacial score (nSPS) is 15.7. The fraction of sp³-hybridized carbons (Fsp3) is 0.308. The van der Waals surface area contributed by atoms with E-state index in [1.54, 1.807) is 30.3 Å². The lowest BCUT2D eigenvalue weighted by atomic mass is 10.0. The number of Topliss-reactive ketones (excluding diaryl/α,β-unsaturated/α-hetero) is 1. The minimum atomic E-state index is -1.18. The molecule has 1 N–H and O–H groups in total. The van der Waals surface area contributed by atoms with Crippen molar-refractivity contribution in [3.63, 3.8) is 0 Å². The SMILES string of the molecule is N#CC(C(=O)Nc1ccccc1)C(=O)C1CC1. The van der Waals surface area contributed by atoms with Crippen molar-refractivity contribution in [2.45, 2.75) is 12.8 Å². The van der Waals surface area contributed by atoms with Gasteiger partial charge in [0.2, 0.25) is 5.91 Å². The molecule has 1 aliphatic rings. The second-order valence-electron chi connectivity index (χ2n) is 4.09. The number of hydrogen-bond donors (Lipinski definition) is 1. The van der Waals surface area contributed by atoms with Gasteiger partial charge in [-0.15, -0.1) is 0 Å². The number of carbonyl (C=O) groups excluding carboxylic acids is 2. The quantitative estimate of drug-likeness (QED) is 0.798. The second-order valence-corrected chi connectivity index (χ2v) is 4.09. The van der Waals surface area contributed by atoms with Crippen molar-refractivity contribution in [2.75, 3.05) is 5.32 Å². The molecule has 1 aromatic rings. The molecule has 1 saturated carbocycles. The van der Waals surface area contributed by atoms with Crippen LogP contribution in [0.3, 0.4) is 0 Å². The van der Waals surface area contributed by atoms with Crippen LogP contribution in [0.1, 0.15) is 12.8 Å². The molecule has 0 spiro atoms. The Morgan fingerprint density at radius 1 is 1.29 bits per heavy atom. The van der Waals surface area contributed by atoms with Crippen LogP contribution in [0.2, 0.25) is 0 Å². The number of nitrogens with one attached hydrogen (secondary N) is 1. The number of anilines is 1. The van der Waals surface area contributed by atoms with Crippen molar-refractivity contribution >= 4 is 17.4 Å². The predicted octanol–water partition coefficient (Wildman–Crippen LogP) is 1.74. The summed E-state index contributed by atoms with van der Waals surface area (Å²) >= 11 is 0. The molecular weight excluding hydrogens is 216 g/mol. The molecule has 0 radical (unpaired) electrons. The third-order valence-corrected chi connectivity index (χ3v) is 2.70. The smallest absolute Gasteiger partial charge is 0.249 e. The minimum absolute atomic E-state index is 0.0822. The molecular formula is C13H12N2O2. The van der Waals surface area contributed by atoms with Crippen LogP contribution in [0.5, 0.6) is 0 Å². The Labute approximate surface area is 99.2 Å². The standard InChI is InChI=1S/C13H12N2O2/c14-8-11(12(16)9-6-7-9)13(17)15-10-4-2-1-3-5-10/h1-5,9,11H,6-7H2,(H,15,17). The Kier molecular flexibility index (Phi) is 3.20. The summed E-state index contributed by atoms with van der Waals surface area (Å²) < 4.78 is 0. The first kappa shape index (κ1) is 11.3. The van der Waals surface area contributed by atoms with Crippen molar-refractivity contribution in [3.05, 3.63) is 30.3 Å². The number of amides is 1. The molecule has 1 aromatic carbocycles. The molecule has 0 bridgehead atoms. The number of ketones is 1. The van der Waals surface area contributed by atoms with E-state index in [0.29, 0.717) is 5.69 Å². The van der Waals surface area contributed by atoms with Crippen LogP contribution >= 0.6 is 0 Å². The molecule has 1 fully saturated rings. The number of nitriles is 1. The van der Waals surface area contributed by atoms with Crippen molar-refractivity contribution in [1.29, 1.82) is 5.26 Å². The van der Waals surface area contributed by atoms with Gasteiger partial charge < -0.3 is 5.32 Å². The van der Waals surface area contributed by atoms with Crippen LogP contribution in [-0.4, -0.2) is 11.7 Å². The molecule has 86 valence electrons. The van der Waals surface area contributed by atoms with Gasteiger partial charge in [-0.05, 0) is 25.0 Å². The van der Waals surface area contributed by atoms with Crippen molar-refractivity contribution in [3.8, 4) is 6.07 Å². The van der Waals surface area contributed by atoms with E-state index in [2.05, 4.69) is 5.32 Å². The highest BCUT2D eigenvalue weighted by Gasteiger charge is 2.38. The lowest BCUT2D eigenvalue weighted by molar-refractivity contribution is -0.129. The third-order valence-electron chi connectivity index (χ3n) is 2.70. The Morgan fingerprint density at radius 2 is 1.94 bits per heavy atom. The molecule has 1 atom stereocenters. The Morgan fingerprint density at radius 3 is 2.47 bits per heavy atom. The van der Waals surface area contributed by atoms with Crippen LogP contribution in [-0.2, 0) is 9.59 Å². The largest absolute Gasteiger partial charge is 0.325 e. The summed E-state index contributed by atoms with van der Waals surface area (Å²) in [4.78, 5) is 23.4. The van der Waals surface area contributed by atoms with E-state index in [4.69, 9.17) is 5.26 Å². The highest BCUT2D eigenvalue weighted by Crippen LogP contribution is 2.32. The zero-order chi connectivity index (χ0) is 12.3. The third kappa shape index (κ3) is 2.70. The number of rotatable bonds is 4. The lowest BCUT2D eigenvalue weighted by Gasteiger charge is -2.08. The number of carbonyl (C=O) groups is 2. The molecule has 2 rings (SSSR count). The molecule has 1 aliphatic carbocycles. The fourth-order valence-electron chi connectivity index (χ4n) is 1.59. The number of benzene rings is 1. The summed E-state index contributed by atoms with van der Waals surface area (Å²) in [6, 6.07) is 10.6. The van der Waals surface area contributed by atoms with E-state index in [0.717, 1.165) is 12.8 Å². The van der Waals surface area contributed by atoms with Crippen LogP contribution < -0.4 is 5.32 Å². The van der Waals surface area contributed by atoms with E-state index < -0.39 is 11.8 Å². The Balaban J connectivity index is 2.03. The summed E-state index contributed by atoms with van der Waals surface area (Å²) in [5.74, 6) is -2.04. The maximum atomic E-state index is 11.8. The van der Waals surface area contributed by atoms with Crippen LogP contribution in [0.4, 0.5) is 5.69 Å². The van der Waals surface area contributed by atoms with Gasteiger partial charge in [0.25, 0.3) is 0 Å². The average molecular weight is 228 g/mol. The van der Waals surface area contributed by atoms with Gasteiger partial charge in [-0.3, -0.25) is 9.59 Å². The molecule has 17 heavy (non-hydrogen) atoms. The zero-order valence-corrected chi connectivity index (χ0v) is 9.22. The molecule has 0 heterocycles. The van der Waals surface area contributed by atoms with E-state index in [9.17, 15) is 9.59 Å². The molecule has 4 nitrogen and oxygen atoms in total.